The van der Waals surface area contributed by atoms with Crippen molar-refractivity contribution in [1.82, 2.24) is 14.7 Å². The SMILES string of the molecule is CC(C)NCc1ncc2ccccn12. The average molecular weight is 189 g/mol. The Morgan fingerprint density at radius 1 is 1.43 bits per heavy atom. The van der Waals surface area contributed by atoms with Gasteiger partial charge < -0.3 is 9.72 Å². The third kappa shape index (κ3) is 1.77. The van der Waals surface area contributed by atoms with Crippen LogP contribution in [0.2, 0.25) is 0 Å². The molecule has 0 bridgehead atoms. The van der Waals surface area contributed by atoms with Crippen molar-refractivity contribution in [3.63, 3.8) is 0 Å². The molecule has 3 heteroatoms. The minimum atomic E-state index is 0.492. The highest BCUT2D eigenvalue weighted by atomic mass is 15.1. The summed E-state index contributed by atoms with van der Waals surface area (Å²) in [4.78, 5) is 4.37. The Bertz CT molecular complexity index is 417. The van der Waals surface area contributed by atoms with E-state index < -0.39 is 0 Å². The number of imidazole rings is 1. The molecule has 2 aromatic rings. The molecule has 0 radical (unpaired) electrons. The lowest BCUT2D eigenvalue weighted by Gasteiger charge is -2.06. The summed E-state index contributed by atoms with van der Waals surface area (Å²) < 4.78 is 2.11. The Morgan fingerprint density at radius 2 is 2.29 bits per heavy atom. The van der Waals surface area contributed by atoms with Crippen LogP contribution in [0.3, 0.4) is 0 Å². The number of hydrogen-bond donors (Lipinski definition) is 1. The van der Waals surface area contributed by atoms with E-state index in [4.69, 9.17) is 0 Å². The first-order chi connectivity index (χ1) is 6.77. The summed E-state index contributed by atoms with van der Waals surface area (Å²) in [5.74, 6) is 1.06. The molecule has 0 fully saturated rings. The number of pyridine rings is 1. The van der Waals surface area contributed by atoms with Crippen LogP contribution in [-0.2, 0) is 6.54 Å². The van der Waals surface area contributed by atoms with Crippen molar-refractivity contribution < 1.29 is 0 Å². The van der Waals surface area contributed by atoms with Gasteiger partial charge in [0.2, 0.25) is 0 Å². The van der Waals surface area contributed by atoms with Gasteiger partial charge in [0, 0.05) is 12.2 Å². The van der Waals surface area contributed by atoms with Crippen molar-refractivity contribution in [1.29, 1.82) is 0 Å². The Morgan fingerprint density at radius 3 is 3.07 bits per heavy atom. The van der Waals surface area contributed by atoms with Gasteiger partial charge in [-0.15, -0.1) is 0 Å². The summed E-state index contributed by atoms with van der Waals surface area (Å²) >= 11 is 0. The molecule has 0 amide bonds. The topological polar surface area (TPSA) is 29.3 Å². The number of fused-ring (bicyclic) bond motifs is 1. The predicted octanol–water partition coefficient (Wildman–Crippen LogP) is 1.83. The zero-order chi connectivity index (χ0) is 9.97. The van der Waals surface area contributed by atoms with Crippen molar-refractivity contribution in [3.8, 4) is 0 Å². The molecular formula is C11H15N3. The second-order valence-corrected chi connectivity index (χ2v) is 3.71. The molecule has 14 heavy (non-hydrogen) atoms. The van der Waals surface area contributed by atoms with Gasteiger partial charge in [-0.1, -0.05) is 19.9 Å². The van der Waals surface area contributed by atoms with Crippen LogP contribution in [0.5, 0.6) is 0 Å². The number of hydrogen-bond acceptors (Lipinski definition) is 2. The van der Waals surface area contributed by atoms with Crippen molar-refractivity contribution in [2.75, 3.05) is 0 Å². The fraction of sp³-hybridized carbons (Fsp3) is 0.364. The number of aromatic nitrogens is 2. The Hall–Kier alpha value is -1.35. The lowest BCUT2D eigenvalue weighted by molar-refractivity contribution is 0.571. The molecule has 2 aromatic heterocycles. The number of nitrogens with one attached hydrogen (secondary N) is 1. The van der Waals surface area contributed by atoms with Crippen LogP contribution < -0.4 is 5.32 Å². The summed E-state index contributed by atoms with van der Waals surface area (Å²) in [7, 11) is 0. The van der Waals surface area contributed by atoms with Gasteiger partial charge in [-0.2, -0.15) is 0 Å². The second-order valence-electron chi connectivity index (χ2n) is 3.71. The largest absolute Gasteiger partial charge is 0.308 e. The van der Waals surface area contributed by atoms with Crippen LogP contribution in [0.1, 0.15) is 19.7 Å². The van der Waals surface area contributed by atoms with Crippen LogP contribution in [0, 0.1) is 0 Å². The average Bonchev–Trinajstić information content (AvgIpc) is 2.58. The lowest BCUT2D eigenvalue weighted by atomic mass is 10.4. The highest BCUT2D eigenvalue weighted by Gasteiger charge is 2.02. The lowest BCUT2D eigenvalue weighted by Crippen LogP contribution is -2.23. The molecule has 0 spiro atoms. The van der Waals surface area contributed by atoms with Crippen molar-refractivity contribution in [2.45, 2.75) is 26.4 Å². The van der Waals surface area contributed by atoms with Crippen LogP contribution >= 0.6 is 0 Å². The summed E-state index contributed by atoms with van der Waals surface area (Å²) in [5.41, 5.74) is 1.15. The Labute approximate surface area is 83.8 Å². The van der Waals surface area contributed by atoms with Crippen LogP contribution in [0.15, 0.2) is 30.6 Å². The molecule has 0 unspecified atom stereocenters. The summed E-state index contributed by atoms with van der Waals surface area (Å²) in [6, 6.07) is 6.60. The molecule has 0 aliphatic carbocycles. The Balaban J connectivity index is 2.25. The summed E-state index contributed by atoms with van der Waals surface area (Å²) in [6.45, 7) is 5.08. The maximum atomic E-state index is 4.37. The van der Waals surface area contributed by atoms with E-state index in [1.807, 2.05) is 24.5 Å². The normalized spacial score (nSPS) is 11.4. The monoisotopic (exact) mass is 189 g/mol. The van der Waals surface area contributed by atoms with Crippen LogP contribution in [0.25, 0.3) is 5.52 Å². The second kappa shape index (κ2) is 3.80. The minimum Gasteiger partial charge on any atom is -0.308 e. The maximum absolute atomic E-state index is 4.37. The fourth-order valence-corrected chi connectivity index (χ4v) is 1.43. The molecule has 2 rings (SSSR count). The molecule has 2 heterocycles. The first-order valence-corrected chi connectivity index (χ1v) is 4.92. The predicted molar refractivity (Wildman–Crippen MR) is 57.2 cm³/mol. The van der Waals surface area contributed by atoms with Gasteiger partial charge in [0.15, 0.2) is 0 Å². The summed E-state index contributed by atoms with van der Waals surface area (Å²) in [6.07, 6.45) is 3.94. The molecule has 1 N–H and O–H groups in total. The molecule has 0 atom stereocenters. The highest BCUT2D eigenvalue weighted by Crippen LogP contribution is 2.05. The molecule has 0 saturated heterocycles. The molecule has 0 aliphatic heterocycles. The van der Waals surface area contributed by atoms with E-state index in [2.05, 4.69) is 34.6 Å². The quantitative estimate of drug-likeness (QED) is 0.798. The smallest absolute Gasteiger partial charge is 0.127 e. The van der Waals surface area contributed by atoms with Gasteiger partial charge in [0.1, 0.15) is 5.82 Å². The molecular weight excluding hydrogens is 174 g/mol. The standard InChI is InChI=1S/C11H15N3/c1-9(2)12-8-11-13-7-10-5-3-4-6-14(10)11/h3-7,9,12H,8H2,1-2H3. The van der Waals surface area contributed by atoms with Gasteiger partial charge in [-0.05, 0) is 12.1 Å². The van der Waals surface area contributed by atoms with E-state index in [0.717, 1.165) is 17.9 Å². The number of nitrogens with zero attached hydrogens (tertiary/aromatic N) is 2. The van der Waals surface area contributed by atoms with Gasteiger partial charge in [0.25, 0.3) is 0 Å². The maximum Gasteiger partial charge on any atom is 0.127 e. The first-order valence-electron chi connectivity index (χ1n) is 4.92. The molecule has 3 nitrogen and oxygen atoms in total. The Kier molecular flexibility index (Phi) is 2.50. The van der Waals surface area contributed by atoms with Gasteiger partial charge in [-0.25, -0.2) is 4.98 Å². The van der Waals surface area contributed by atoms with E-state index in [9.17, 15) is 0 Å². The summed E-state index contributed by atoms with van der Waals surface area (Å²) in [5, 5.41) is 3.36. The third-order valence-electron chi connectivity index (χ3n) is 2.18. The van der Waals surface area contributed by atoms with Gasteiger partial charge in [-0.3, -0.25) is 0 Å². The fourth-order valence-electron chi connectivity index (χ4n) is 1.43. The highest BCUT2D eigenvalue weighted by molar-refractivity contribution is 5.45. The van der Waals surface area contributed by atoms with E-state index in [0.29, 0.717) is 6.04 Å². The first kappa shape index (κ1) is 9.21. The van der Waals surface area contributed by atoms with Crippen LogP contribution in [-0.4, -0.2) is 15.4 Å². The van der Waals surface area contributed by atoms with Crippen molar-refractivity contribution in [3.05, 3.63) is 36.4 Å². The molecule has 0 aromatic carbocycles. The van der Waals surface area contributed by atoms with Crippen molar-refractivity contribution >= 4 is 5.52 Å². The van der Waals surface area contributed by atoms with Gasteiger partial charge in [0.05, 0.1) is 18.3 Å². The molecule has 74 valence electrons. The minimum absolute atomic E-state index is 0.492. The third-order valence-corrected chi connectivity index (χ3v) is 2.18. The van der Waals surface area contributed by atoms with E-state index in [1.54, 1.807) is 0 Å². The zero-order valence-corrected chi connectivity index (χ0v) is 8.57. The molecule has 0 saturated carbocycles. The van der Waals surface area contributed by atoms with E-state index >= 15 is 0 Å². The van der Waals surface area contributed by atoms with Crippen LogP contribution in [0.4, 0.5) is 0 Å². The zero-order valence-electron chi connectivity index (χ0n) is 8.57. The number of rotatable bonds is 3. The van der Waals surface area contributed by atoms with Gasteiger partial charge >= 0.3 is 0 Å². The van der Waals surface area contributed by atoms with E-state index in [1.165, 1.54) is 0 Å². The van der Waals surface area contributed by atoms with E-state index in [-0.39, 0.29) is 0 Å². The molecule has 0 aliphatic rings. The van der Waals surface area contributed by atoms with Crippen molar-refractivity contribution in [2.24, 2.45) is 0 Å².